The number of nitrogens with zero attached hydrogens (tertiary/aromatic N) is 2. The third kappa shape index (κ3) is 3.41. The highest BCUT2D eigenvalue weighted by Gasteiger charge is 2.17. The molecule has 6 heteroatoms. The summed E-state index contributed by atoms with van der Waals surface area (Å²) in [7, 11) is 0. The number of morpholine rings is 1. The second-order valence-electron chi connectivity index (χ2n) is 4.71. The number of aromatic amines is 1. The molecule has 0 aromatic carbocycles. The standard InChI is InChI=1S/C13H19N3O3/c1-9-11(13(18)15-10(2)14-9)3-4-12(17)16-5-7-19-8-6-16/h3-8H2,1-2H3,(H,14,15,18). The lowest BCUT2D eigenvalue weighted by molar-refractivity contribution is -0.135. The molecule has 1 aromatic heterocycles. The maximum absolute atomic E-state index is 12.0. The number of carbonyl (C=O) groups excluding carboxylic acids is 1. The fourth-order valence-corrected chi connectivity index (χ4v) is 2.25. The monoisotopic (exact) mass is 265 g/mol. The van der Waals surface area contributed by atoms with Crippen molar-refractivity contribution in [2.75, 3.05) is 26.3 Å². The van der Waals surface area contributed by atoms with Crippen LogP contribution in [0.4, 0.5) is 0 Å². The van der Waals surface area contributed by atoms with E-state index in [-0.39, 0.29) is 11.5 Å². The van der Waals surface area contributed by atoms with Crippen molar-refractivity contribution in [1.29, 1.82) is 0 Å². The first-order valence-corrected chi connectivity index (χ1v) is 6.50. The van der Waals surface area contributed by atoms with E-state index in [2.05, 4.69) is 9.97 Å². The second-order valence-corrected chi connectivity index (χ2v) is 4.71. The topological polar surface area (TPSA) is 75.3 Å². The predicted molar refractivity (Wildman–Crippen MR) is 70.1 cm³/mol. The van der Waals surface area contributed by atoms with Gasteiger partial charge in [-0.3, -0.25) is 9.59 Å². The maximum atomic E-state index is 12.0. The molecule has 0 bridgehead atoms. The average molecular weight is 265 g/mol. The first-order valence-electron chi connectivity index (χ1n) is 6.50. The lowest BCUT2D eigenvalue weighted by Gasteiger charge is -2.26. The number of carbonyl (C=O) groups is 1. The summed E-state index contributed by atoms with van der Waals surface area (Å²) >= 11 is 0. The van der Waals surface area contributed by atoms with Gasteiger partial charge in [-0.2, -0.15) is 0 Å². The number of hydrogen-bond acceptors (Lipinski definition) is 4. The van der Waals surface area contributed by atoms with Crippen LogP contribution in [0.2, 0.25) is 0 Å². The fourth-order valence-electron chi connectivity index (χ4n) is 2.25. The number of amides is 1. The van der Waals surface area contributed by atoms with Crippen LogP contribution in [0.1, 0.15) is 23.5 Å². The van der Waals surface area contributed by atoms with Gasteiger partial charge in [0.2, 0.25) is 5.91 Å². The van der Waals surface area contributed by atoms with Crippen molar-refractivity contribution in [3.8, 4) is 0 Å². The van der Waals surface area contributed by atoms with Crippen LogP contribution in [0.3, 0.4) is 0 Å². The van der Waals surface area contributed by atoms with E-state index >= 15 is 0 Å². The molecule has 0 spiro atoms. The van der Waals surface area contributed by atoms with Crippen molar-refractivity contribution in [1.82, 2.24) is 14.9 Å². The Balaban J connectivity index is 1.99. The van der Waals surface area contributed by atoms with E-state index in [1.165, 1.54) is 0 Å². The van der Waals surface area contributed by atoms with Gasteiger partial charge >= 0.3 is 0 Å². The molecule has 1 amide bonds. The van der Waals surface area contributed by atoms with Crippen molar-refractivity contribution < 1.29 is 9.53 Å². The Labute approximate surface area is 111 Å². The van der Waals surface area contributed by atoms with E-state index in [4.69, 9.17) is 4.74 Å². The molecule has 1 fully saturated rings. The summed E-state index contributed by atoms with van der Waals surface area (Å²) in [6.45, 7) is 6.02. The van der Waals surface area contributed by atoms with Gasteiger partial charge in [0.15, 0.2) is 0 Å². The molecular formula is C13H19N3O3. The lowest BCUT2D eigenvalue weighted by Crippen LogP contribution is -2.40. The number of aryl methyl sites for hydroxylation is 2. The maximum Gasteiger partial charge on any atom is 0.254 e. The quantitative estimate of drug-likeness (QED) is 0.846. The molecule has 0 atom stereocenters. The highest BCUT2D eigenvalue weighted by Crippen LogP contribution is 2.06. The average Bonchev–Trinajstić information content (AvgIpc) is 2.38. The van der Waals surface area contributed by atoms with Gasteiger partial charge in [0.05, 0.1) is 13.2 Å². The number of rotatable bonds is 3. The Morgan fingerprint density at radius 1 is 1.37 bits per heavy atom. The molecule has 19 heavy (non-hydrogen) atoms. The van der Waals surface area contributed by atoms with Crippen LogP contribution >= 0.6 is 0 Å². The van der Waals surface area contributed by atoms with E-state index in [0.717, 1.165) is 0 Å². The summed E-state index contributed by atoms with van der Waals surface area (Å²) < 4.78 is 5.21. The van der Waals surface area contributed by atoms with Crippen molar-refractivity contribution in [3.63, 3.8) is 0 Å². The Morgan fingerprint density at radius 3 is 2.68 bits per heavy atom. The van der Waals surface area contributed by atoms with Gasteiger partial charge in [-0.15, -0.1) is 0 Å². The Kier molecular flexibility index (Phi) is 4.31. The molecule has 1 saturated heterocycles. The number of aromatic nitrogens is 2. The third-order valence-electron chi connectivity index (χ3n) is 3.29. The Hall–Kier alpha value is -1.69. The van der Waals surface area contributed by atoms with Crippen LogP contribution in [0.25, 0.3) is 0 Å². The molecule has 1 aliphatic heterocycles. The molecule has 0 unspecified atom stereocenters. The zero-order chi connectivity index (χ0) is 13.8. The summed E-state index contributed by atoms with van der Waals surface area (Å²) in [4.78, 5) is 32.5. The zero-order valence-corrected chi connectivity index (χ0v) is 11.4. The SMILES string of the molecule is Cc1nc(C)c(CCC(=O)N2CCOCC2)c(=O)[nH]1. The van der Waals surface area contributed by atoms with E-state index < -0.39 is 0 Å². The van der Waals surface area contributed by atoms with Gasteiger partial charge in [-0.1, -0.05) is 0 Å². The highest BCUT2D eigenvalue weighted by molar-refractivity contribution is 5.76. The van der Waals surface area contributed by atoms with Crippen LogP contribution in [-0.4, -0.2) is 47.1 Å². The van der Waals surface area contributed by atoms with Crippen LogP contribution in [0.15, 0.2) is 4.79 Å². The summed E-state index contributed by atoms with van der Waals surface area (Å²) in [5.74, 6) is 0.674. The van der Waals surface area contributed by atoms with Crippen LogP contribution in [-0.2, 0) is 16.0 Å². The van der Waals surface area contributed by atoms with Crippen molar-refractivity contribution in [3.05, 3.63) is 27.4 Å². The molecule has 2 heterocycles. The molecule has 0 radical (unpaired) electrons. The minimum Gasteiger partial charge on any atom is -0.378 e. The summed E-state index contributed by atoms with van der Waals surface area (Å²) in [6, 6.07) is 0. The summed E-state index contributed by atoms with van der Waals surface area (Å²) in [5, 5.41) is 0. The van der Waals surface area contributed by atoms with E-state index in [9.17, 15) is 9.59 Å². The normalized spacial score (nSPS) is 15.6. The van der Waals surface area contributed by atoms with E-state index in [1.807, 2.05) is 0 Å². The van der Waals surface area contributed by atoms with Crippen molar-refractivity contribution in [2.24, 2.45) is 0 Å². The number of ether oxygens (including phenoxy) is 1. The first-order chi connectivity index (χ1) is 9.08. The number of hydrogen-bond donors (Lipinski definition) is 1. The van der Waals surface area contributed by atoms with Gasteiger partial charge in [0.25, 0.3) is 5.56 Å². The largest absolute Gasteiger partial charge is 0.378 e. The Morgan fingerprint density at radius 2 is 2.05 bits per heavy atom. The molecule has 1 aromatic rings. The first kappa shape index (κ1) is 13.7. The number of H-pyrrole nitrogens is 1. The summed E-state index contributed by atoms with van der Waals surface area (Å²) in [5.41, 5.74) is 1.17. The molecule has 0 saturated carbocycles. The van der Waals surface area contributed by atoms with Gasteiger partial charge in [-0.05, 0) is 20.3 Å². The molecule has 104 valence electrons. The van der Waals surface area contributed by atoms with Crippen LogP contribution in [0, 0.1) is 13.8 Å². The van der Waals surface area contributed by atoms with Crippen LogP contribution in [0.5, 0.6) is 0 Å². The smallest absolute Gasteiger partial charge is 0.254 e. The zero-order valence-electron chi connectivity index (χ0n) is 11.4. The molecule has 2 rings (SSSR count). The Bertz CT molecular complexity index is 518. The van der Waals surface area contributed by atoms with E-state index in [0.29, 0.717) is 56.2 Å². The van der Waals surface area contributed by atoms with Gasteiger partial charge in [0.1, 0.15) is 5.82 Å². The van der Waals surface area contributed by atoms with Gasteiger partial charge in [0, 0.05) is 30.8 Å². The molecule has 1 N–H and O–H groups in total. The third-order valence-corrected chi connectivity index (χ3v) is 3.29. The minimum absolute atomic E-state index is 0.0719. The van der Waals surface area contributed by atoms with Crippen molar-refractivity contribution in [2.45, 2.75) is 26.7 Å². The van der Waals surface area contributed by atoms with Gasteiger partial charge in [-0.25, -0.2) is 4.98 Å². The molecular weight excluding hydrogens is 246 g/mol. The second kappa shape index (κ2) is 5.97. The molecule has 6 nitrogen and oxygen atoms in total. The highest BCUT2D eigenvalue weighted by atomic mass is 16.5. The summed E-state index contributed by atoms with van der Waals surface area (Å²) in [6.07, 6.45) is 0.777. The fraction of sp³-hybridized carbons (Fsp3) is 0.615. The number of nitrogens with one attached hydrogen (secondary N) is 1. The molecule has 0 aliphatic carbocycles. The van der Waals surface area contributed by atoms with Crippen molar-refractivity contribution >= 4 is 5.91 Å². The lowest BCUT2D eigenvalue weighted by atomic mass is 10.1. The molecule has 1 aliphatic rings. The predicted octanol–water partition coefficient (Wildman–Crippen LogP) is 0.178. The minimum atomic E-state index is -0.139. The van der Waals surface area contributed by atoms with Crippen LogP contribution < -0.4 is 5.56 Å². The van der Waals surface area contributed by atoms with Gasteiger partial charge < -0.3 is 14.6 Å². The van der Waals surface area contributed by atoms with E-state index in [1.54, 1.807) is 18.7 Å².